The summed E-state index contributed by atoms with van der Waals surface area (Å²) >= 11 is 2.20. The van der Waals surface area contributed by atoms with Gasteiger partial charge in [0.1, 0.15) is 0 Å². The zero-order valence-corrected chi connectivity index (χ0v) is 18.6. The first kappa shape index (κ1) is 19.3. The first-order valence-corrected chi connectivity index (χ1v) is 13.0. The molecule has 2 aliphatic rings. The molecule has 0 saturated carbocycles. The molecule has 0 fully saturated rings. The van der Waals surface area contributed by atoms with Crippen molar-refractivity contribution in [1.29, 1.82) is 0 Å². The summed E-state index contributed by atoms with van der Waals surface area (Å²) in [6.07, 6.45) is 0. The Kier molecular flexibility index (Phi) is 5.69. The average molecular weight is 487 g/mol. The molecule has 7 heteroatoms. The summed E-state index contributed by atoms with van der Waals surface area (Å²) in [7, 11) is -3.88. The fourth-order valence-corrected chi connectivity index (χ4v) is 7.78. The second-order valence-electron chi connectivity index (χ2n) is 6.32. The van der Waals surface area contributed by atoms with Gasteiger partial charge in [0, 0.05) is 0 Å². The summed E-state index contributed by atoms with van der Waals surface area (Å²) in [6.45, 7) is 10.5. The van der Waals surface area contributed by atoms with Gasteiger partial charge in [-0.3, -0.25) is 0 Å². The molecule has 0 radical (unpaired) electrons. The molecule has 26 heavy (non-hydrogen) atoms. The van der Waals surface area contributed by atoms with Crippen molar-refractivity contribution in [2.75, 3.05) is 23.7 Å². The van der Waals surface area contributed by atoms with Crippen molar-refractivity contribution in [2.24, 2.45) is 0 Å². The SMILES string of the molecule is CC[NH+](CC)CC.IC[Si-]12(Oc3ccccc3O1)Oc1ccccc1O2. The number of benzene rings is 2. The first-order valence-electron chi connectivity index (χ1n) is 9.09. The molecule has 0 aromatic heterocycles. The van der Waals surface area contributed by atoms with Crippen molar-refractivity contribution in [2.45, 2.75) is 20.8 Å². The summed E-state index contributed by atoms with van der Waals surface area (Å²) in [5.41, 5.74) is 0. The Morgan fingerprint density at radius 3 is 1.19 bits per heavy atom. The van der Waals surface area contributed by atoms with Gasteiger partial charge in [0.25, 0.3) is 0 Å². The molecule has 0 atom stereocenters. The van der Waals surface area contributed by atoms with E-state index in [9.17, 15) is 0 Å². The van der Waals surface area contributed by atoms with Crippen molar-refractivity contribution in [3.8, 4) is 23.0 Å². The molecule has 1 N–H and O–H groups in total. The van der Waals surface area contributed by atoms with E-state index in [1.807, 2.05) is 48.5 Å². The Bertz CT molecular complexity index is 650. The van der Waals surface area contributed by atoms with Crippen LogP contribution in [0.1, 0.15) is 20.8 Å². The summed E-state index contributed by atoms with van der Waals surface area (Å²) in [5.74, 6) is 2.72. The van der Waals surface area contributed by atoms with Gasteiger partial charge in [-0.25, -0.2) is 0 Å². The number of hydrogen-bond acceptors (Lipinski definition) is 4. The van der Waals surface area contributed by atoms with Gasteiger partial charge in [0.05, 0.1) is 19.6 Å². The first-order chi connectivity index (χ1) is 12.6. The van der Waals surface area contributed by atoms with E-state index in [1.165, 1.54) is 19.6 Å². The summed E-state index contributed by atoms with van der Waals surface area (Å²) in [6, 6.07) is 15.1. The zero-order chi connectivity index (χ0) is 18.6. The molecule has 1 spiro atoms. The molecular weight excluding hydrogens is 461 g/mol. The number of para-hydroxylation sites is 4. The van der Waals surface area contributed by atoms with E-state index in [4.69, 9.17) is 17.7 Å². The third-order valence-electron chi connectivity index (χ3n) is 4.65. The standard InChI is InChI=1S/C13H10IO4Si.C6H15N/c14-9-19(15-10-5-1-2-6-11(10)16-19)17-12-7-3-4-8-13(12)18-19;1-4-7(5-2)6-3/h1-8H,9H2;4-6H2,1-3H3/q-1;/p+1. The van der Waals surface area contributed by atoms with Crippen LogP contribution in [-0.4, -0.2) is 32.0 Å². The number of nitrogens with one attached hydrogen (secondary N) is 1. The normalized spacial score (nSPS) is 18.7. The summed E-state index contributed by atoms with van der Waals surface area (Å²) < 4.78 is 24.7. The number of alkyl halides is 1. The van der Waals surface area contributed by atoms with Crippen LogP contribution in [0.25, 0.3) is 0 Å². The van der Waals surface area contributed by atoms with E-state index in [1.54, 1.807) is 4.90 Å². The van der Waals surface area contributed by atoms with Gasteiger partial charge < -0.3 is 4.90 Å². The van der Waals surface area contributed by atoms with Gasteiger partial charge in [-0.15, -0.1) is 0 Å². The Hall–Kier alpha value is -1.45. The van der Waals surface area contributed by atoms with E-state index < -0.39 is 8.33 Å². The number of hydrogen-bond donors (Lipinski definition) is 1. The second kappa shape index (κ2) is 7.65. The van der Waals surface area contributed by atoms with Gasteiger partial charge in [0.15, 0.2) is 0 Å². The van der Waals surface area contributed by atoms with E-state index >= 15 is 0 Å². The van der Waals surface area contributed by atoms with Gasteiger partial charge in [0.2, 0.25) is 0 Å². The second-order valence-corrected chi connectivity index (χ2v) is 11.9. The van der Waals surface area contributed by atoms with Crippen LogP contribution in [0.2, 0.25) is 0 Å². The van der Waals surface area contributed by atoms with Crippen molar-refractivity contribution in [3.63, 3.8) is 0 Å². The van der Waals surface area contributed by atoms with Crippen LogP contribution in [0, 0.1) is 0 Å². The Labute approximate surface area is 169 Å². The van der Waals surface area contributed by atoms with E-state index in [0.717, 1.165) is 0 Å². The van der Waals surface area contributed by atoms with Crippen LogP contribution >= 0.6 is 22.6 Å². The maximum absolute atomic E-state index is 6.05. The minimum atomic E-state index is -3.88. The van der Waals surface area contributed by atoms with E-state index in [0.29, 0.717) is 27.0 Å². The fraction of sp³-hybridized carbons (Fsp3) is 0.368. The monoisotopic (exact) mass is 487 g/mol. The Balaban J connectivity index is 0.000000242. The molecule has 142 valence electrons. The number of quaternary nitrogens is 1. The van der Waals surface area contributed by atoms with Crippen molar-refractivity contribution < 1.29 is 22.6 Å². The molecule has 2 heterocycles. The van der Waals surface area contributed by atoms with Crippen LogP contribution in [0.15, 0.2) is 48.5 Å². The van der Waals surface area contributed by atoms with Gasteiger partial charge >= 0.3 is 124 Å². The molecule has 5 nitrogen and oxygen atoms in total. The molecule has 2 aromatic carbocycles. The van der Waals surface area contributed by atoms with Gasteiger partial charge in [-0.2, -0.15) is 0 Å². The summed E-state index contributed by atoms with van der Waals surface area (Å²) in [4.78, 5) is 1.68. The Morgan fingerprint density at radius 1 is 0.692 bits per heavy atom. The molecule has 2 aromatic rings. The van der Waals surface area contributed by atoms with Crippen molar-refractivity contribution in [3.05, 3.63) is 48.5 Å². The molecule has 0 amide bonds. The predicted molar refractivity (Wildman–Crippen MR) is 113 cm³/mol. The maximum atomic E-state index is 6.05. The third kappa shape index (κ3) is 3.52. The molecule has 0 aliphatic carbocycles. The van der Waals surface area contributed by atoms with E-state index in [2.05, 4.69) is 43.4 Å². The van der Waals surface area contributed by atoms with Crippen LogP contribution in [0.5, 0.6) is 23.0 Å². The minimum absolute atomic E-state index is 0.515. The summed E-state index contributed by atoms with van der Waals surface area (Å²) in [5, 5.41) is 0. The van der Waals surface area contributed by atoms with Crippen molar-refractivity contribution >= 4 is 30.9 Å². The number of fused-ring (bicyclic) bond motifs is 2. The van der Waals surface area contributed by atoms with Crippen LogP contribution in [-0.2, 0) is 0 Å². The van der Waals surface area contributed by atoms with Crippen LogP contribution in [0.4, 0.5) is 0 Å². The van der Waals surface area contributed by atoms with Gasteiger partial charge in [-0.05, 0) is 20.8 Å². The molecule has 0 saturated heterocycles. The van der Waals surface area contributed by atoms with E-state index in [-0.39, 0.29) is 0 Å². The molecular formula is C19H26INO4Si. The Morgan fingerprint density at radius 2 is 1.00 bits per heavy atom. The average Bonchev–Trinajstić information content (AvgIpc) is 3.18. The molecule has 4 rings (SSSR count). The third-order valence-corrected chi connectivity index (χ3v) is 11.3. The van der Waals surface area contributed by atoms with Crippen LogP contribution < -0.4 is 22.6 Å². The topological polar surface area (TPSA) is 41.4 Å². The van der Waals surface area contributed by atoms with Crippen LogP contribution in [0.3, 0.4) is 0 Å². The number of rotatable bonds is 4. The molecule has 0 unspecified atom stereocenters. The molecule has 2 aliphatic heterocycles. The van der Waals surface area contributed by atoms with Gasteiger partial charge in [-0.1, -0.05) is 0 Å². The quantitative estimate of drug-likeness (QED) is 0.409. The van der Waals surface area contributed by atoms with Crippen molar-refractivity contribution in [1.82, 2.24) is 0 Å². The molecule has 0 bridgehead atoms. The predicted octanol–water partition coefficient (Wildman–Crippen LogP) is 3.22. The zero-order valence-electron chi connectivity index (χ0n) is 15.5. The number of halogens is 1. The fourth-order valence-electron chi connectivity index (χ4n) is 3.07.